The van der Waals surface area contributed by atoms with E-state index in [1.54, 1.807) is 6.08 Å². The Morgan fingerprint density at radius 3 is 2.70 bits per heavy atom. The highest BCUT2D eigenvalue weighted by Gasteiger charge is 2.20. The quantitative estimate of drug-likeness (QED) is 0.794. The third-order valence-corrected chi connectivity index (χ3v) is 4.08. The van der Waals surface area contributed by atoms with Crippen LogP contribution in [0, 0.1) is 0 Å². The molecule has 1 aliphatic heterocycles. The Labute approximate surface area is 117 Å². The molecule has 0 saturated carbocycles. The van der Waals surface area contributed by atoms with Crippen LogP contribution in [-0.4, -0.2) is 32.1 Å². The van der Waals surface area contributed by atoms with Gasteiger partial charge in [-0.15, -0.1) is 0 Å². The first-order valence-electron chi connectivity index (χ1n) is 6.95. The van der Waals surface area contributed by atoms with Crippen molar-refractivity contribution in [3.63, 3.8) is 0 Å². The Hall–Kier alpha value is -2.13. The minimum atomic E-state index is 0.0993. The van der Waals surface area contributed by atoms with E-state index in [9.17, 15) is 4.79 Å². The van der Waals surface area contributed by atoms with Crippen molar-refractivity contribution in [2.75, 3.05) is 31.2 Å². The van der Waals surface area contributed by atoms with Crippen LogP contribution in [0.3, 0.4) is 0 Å². The second-order valence-electron chi connectivity index (χ2n) is 5.20. The second-order valence-corrected chi connectivity index (χ2v) is 5.20. The molecule has 3 heteroatoms. The smallest absolute Gasteiger partial charge is 0.186 e. The van der Waals surface area contributed by atoms with Crippen LogP contribution in [-0.2, 0) is 4.74 Å². The van der Waals surface area contributed by atoms with Gasteiger partial charge in [0, 0.05) is 35.3 Å². The third kappa shape index (κ3) is 1.67. The van der Waals surface area contributed by atoms with Gasteiger partial charge in [0.2, 0.25) is 0 Å². The van der Waals surface area contributed by atoms with Crippen molar-refractivity contribution in [1.82, 2.24) is 0 Å². The maximum absolute atomic E-state index is 12.0. The van der Waals surface area contributed by atoms with Crippen molar-refractivity contribution in [3.05, 3.63) is 47.5 Å². The number of hydrogen-bond donors (Lipinski definition) is 0. The molecule has 1 heterocycles. The van der Waals surface area contributed by atoms with Crippen LogP contribution < -0.4 is 4.90 Å². The summed E-state index contributed by atoms with van der Waals surface area (Å²) in [5.74, 6) is 0.0993. The molecule has 1 fully saturated rings. The number of allylic oxidation sites excluding steroid dienone is 1. The predicted octanol–water partition coefficient (Wildman–Crippen LogP) is 2.89. The van der Waals surface area contributed by atoms with Crippen molar-refractivity contribution in [2.24, 2.45) is 0 Å². The lowest BCUT2D eigenvalue weighted by molar-refractivity contribution is 0.104. The van der Waals surface area contributed by atoms with E-state index in [0.717, 1.165) is 42.6 Å². The first-order chi connectivity index (χ1) is 9.84. The molecular weight excluding hydrogens is 250 g/mol. The molecule has 3 nitrogen and oxygen atoms in total. The zero-order chi connectivity index (χ0) is 13.5. The topological polar surface area (TPSA) is 29.5 Å². The van der Waals surface area contributed by atoms with Crippen molar-refractivity contribution < 1.29 is 9.53 Å². The van der Waals surface area contributed by atoms with Crippen LogP contribution in [0.25, 0.3) is 16.8 Å². The average Bonchev–Trinajstić information content (AvgIpc) is 2.52. The van der Waals surface area contributed by atoms with E-state index in [1.165, 1.54) is 11.3 Å². The molecule has 1 aliphatic carbocycles. The van der Waals surface area contributed by atoms with Crippen molar-refractivity contribution >= 4 is 28.3 Å². The molecule has 0 spiro atoms. The largest absolute Gasteiger partial charge is 0.378 e. The summed E-state index contributed by atoms with van der Waals surface area (Å²) in [7, 11) is 0. The van der Waals surface area contributed by atoms with Gasteiger partial charge in [-0.1, -0.05) is 24.3 Å². The maximum atomic E-state index is 12.0. The number of hydrogen-bond acceptors (Lipinski definition) is 3. The molecule has 0 radical (unpaired) electrons. The van der Waals surface area contributed by atoms with Gasteiger partial charge in [0.25, 0.3) is 0 Å². The minimum absolute atomic E-state index is 0.0993. The second kappa shape index (κ2) is 4.46. The summed E-state index contributed by atoms with van der Waals surface area (Å²) in [6, 6.07) is 10.2. The fourth-order valence-electron chi connectivity index (χ4n) is 3.10. The van der Waals surface area contributed by atoms with Gasteiger partial charge in [0.15, 0.2) is 5.78 Å². The van der Waals surface area contributed by atoms with E-state index in [-0.39, 0.29) is 5.78 Å². The van der Waals surface area contributed by atoms with Gasteiger partial charge in [-0.2, -0.15) is 0 Å². The SMILES string of the molecule is O=C1C=Cc2c(N3CCOCC3)ccc3cccc1c23. The maximum Gasteiger partial charge on any atom is 0.186 e. The van der Waals surface area contributed by atoms with Gasteiger partial charge in [-0.05, 0) is 23.6 Å². The number of anilines is 1. The van der Waals surface area contributed by atoms with Crippen LogP contribution in [0.15, 0.2) is 36.4 Å². The van der Waals surface area contributed by atoms with E-state index < -0.39 is 0 Å². The molecule has 2 aliphatic rings. The van der Waals surface area contributed by atoms with Crippen LogP contribution >= 0.6 is 0 Å². The molecule has 1 saturated heterocycles. The lowest BCUT2D eigenvalue weighted by Crippen LogP contribution is -2.36. The highest BCUT2D eigenvalue weighted by molar-refractivity contribution is 6.21. The molecule has 2 aromatic carbocycles. The summed E-state index contributed by atoms with van der Waals surface area (Å²) < 4.78 is 5.42. The van der Waals surface area contributed by atoms with Crippen LogP contribution in [0.5, 0.6) is 0 Å². The lowest BCUT2D eigenvalue weighted by Gasteiger charge is -2.31. The zero-order valence-corrected chi connectivity index (χ0v) is 11.1. The molecule has 20 heavy (non-hydrogen) atoms. The standard InChI is InChI=1S/C17H15NO2/c19-16-7-5-13-15(18-8-10-20-11-9-18)6-4-12-2-1-3-14(16)17(12)13/h1-7H,8-11H2. The number of morpholine rings is 1. The number of ketones is 1. The molecule has 4 rings (SSSR count). The van der Waals surface area contributed by atoms with Crippen molar-refractivity contribution in [1.29, 1.82) is 0 Å². The number of benzene rings is 2. The highest BCUT2D eigenvalue weighted by Crippen LogP contribution is 2.35. The number of carbonyl (C=O) groups is 1. The Balaban J connectivity index is 1.96. The van der Waals surface area contributed by atoms with Crippen LogP contribution in [0.4, 0.5) is 5.69 Å². The molecule has 100 valence electrons. The summed E-state index contributed by atoms with van der Waals surface area (Å²) in [5.41, 5.74) is 3.19. The summed E-state index contributed by atoms with van der Waals surface area (Å²) in [5, 5.41) is 2.22. The van der Waals surface area contributed by atoms with Gasteiger partial charge >= 0.3 is 0 Å². The molecule has 0 N–H and O–H groups in total. The molecule has 0 amide bonds. The number of nitrogens with zero attached hydrogens (tertiary/aromatic N) is 1. The minimum Gasteiger partial charge on any atom is -0.378 e. The van der Waals surface area contributed by atoms with E-state index in [4.69, 9.17) is 4.74 Å². The summed E-state index contributed by atoms with van der Waals surface area (Å²) in [6.45, 7) is 3.34. The predicted molar refractivity (Wildman–Crippen MR) is 80.3 cm³/mol. The Kier molecular flexibility index (Phi) is 2.60. The monoisotopic (exact) mass is 265 g/mol. The van der Waals surface area contributed by atoms with Crippen LogP contribution in [0.2, 0.25) is 0 Å². The van der Waals surface area contributed by atoms with Gasteiger partial charge in [-0.3, -0.25) is 4.79 Å². The summed E-state index contributed by atoms with van der Waals surface area (Å²) in [4.78, 5) is 14.4. The third-order valence-electron chi connectivity index (χ3n) is 4.08. The van der Waals surface area contributed by atoms with E-state index in [2.05, 4.69) is 23.1 Å². The lowest BCUT2D eigenvalue weighted by atomic mass is 9.91. The number of ether oxygens (including phenoxy) is 1. The Morgan fingerprint density at radius 1 is 1.00 bits per heavy atom. The van der Waals surface area contributed by atoms with E-state index >= 15 is 0 Å². The van der Waals surface area contributed by atoms with Gasteiger partial charge in [0.1, 0.15) is 0 Å². The van der Waals surface area contributed by atoms with Crippen molar-refractivity contribution in [3.8, 4) is 0 Å². The zero-order valence-electron chi connectivity index (χ0n) is 11.1. The highest BCUT2D eigenvalue weighted by atomic mass is 16.5. The molecule has 0 unspecified atom stereocenters. The van der Waals surface area contributed by atoms with E-state index in [1.807, 2.05) is 18.2 Å². The summed E-state index contributed by atoms with van der Waals surface area (Å²) in [6.07, 6.45) is 3.64. The molecular formula is C17H15NO2. The fraction of sp³-hybridized carbons (Fsp3) is 0.235. The van der Waals surface area contributed by atoms with Gasteiger partial charge in [-0.25, -0.2) is 0 Å². The Bertz CT molecular complexity index is 727. The first kappa shape index (κ1) is 11.7. The van der Waals surface area contributed by atoms with Gasteiger partial charge in [0.05, 0.1) is 13.2 Å². The number of carbonyl (C=O) groups excluding carboxylic acids is 1. The number of rotatable bonds is 1. The fourth-order valence-corrected chi connectivity index (χ4v) is 3.10. The molecule has 0 bridgehead atoms. The summed E-state index contributed by atoms with van der Waals surface area (Å²) >= 11 is 0. The van der Waals surface area contributed by atoms with Crippen molar-refractivity contribution in [2.45, 2.75) is 0 Å². The van der Waals surface area contributed by atoms with E-state index in [0.29, 0.717) is 0 Å². The Morgan fingerprint density at radius 2 is 1.85 bits per heavy atom. The molecule has 0 aromatic heterocycles. The molecule has 2 aromatic rings. The van der Waals surface area contributed by atoms with Crippen LogP contribution in [0.1, 0.15) is 15.9 Å². The van der Waals surface area contributed by atoms with Gasteiger partial charge < -0.3 is 9.64 Å². The average molecular weight is 265 g/mol. The normalized spacial score (nSPS) is 17.8. The first-order valence-corrected chi connectivity index (χ1v) is 6.95. The molecule has 0 atom stereocenters.